The van der Waals surface area contributed by atoms with Crippen molar-refractivity contribution in [3.05, 3.63) is 107 Å². The van der Waals surface area contributed by atoms with E-state index in [0.29, 0.717) is 18.0 Å². The van der Waals surface area contributed by atoms with Gasteiger partial charge in [-0.25, -0.2) is 14.5 Å². The second kappa shape index (κ2) is 10.3. The molecule has 168 valence electrons. The van der Waals surface area contributed by atoms with Gasteiger partial charge in [0.25, 0.3) is 0 Å². The molecule has 3 aromatic carbocycles. The molecule has 0 aliphatic rings. The highest BCUT2D eigenvalue weighted by Crippen LogP contribution is 2.24. The topological polar surface area (TPSA) is 68.0 Å². The molecule has 1 aromatic heterocycles. The van der Waals surface area contributed by atoms with Gasteiger partial charge < -0.3 is 5.11 Å². The Morgan fingerprint density at radius 3 is 2.27 bits per heavy atom. The number of aromatic carboxylic acids is 1. The first-order valence-corrected chi connectivity index (χ1v) is 11.4. The first-order valence-electron chi connectivity index (χ1n) is 11.4. The third kappa shape index (κ3) is 5.75. The summed E-state index contributed by atoms with van der Waals surface area (Å²) in [6, 6.07) is 25.5. The van der Waals surface area contributed by atoms with Crippen LogP contribution in [0.1, 0.15) is 47.0 Å². The van der Waals surface area contributed by atoms with Crippen LogP contribution < -0.4 is 0 Å². The van der Waals surface area contributed by atoms with Crippen LogP contribution in [0.4, 0.5) is 0 Å². The summed E-state index contributed by atoms with van der Waals surface area (Å²) < 4.78 is 2.01. The van der Waals surface area contributed by atoms with Crippen molar-refractivity contribution in [1.29, 1.82) is 0 Å². The third-order valence-corrected chi connectivity index (χ3v) is 5.62. The molecule has 0 amide bonds. The molecule has 1 heterocycles. The van der Waals surface area contributed by atoms with Crippen molar-refractivity contribution in [3.63, 3.8) is 0 Å². The Balaban J connectivity index is 1.53. The lowest BCUT2D eigenvalue weighted by Gasteiger charge is -2.10. The Morgan fingerprint density at radius 2 is 1.58 bits per heavy atom. The lowest BCUT2D eigenvalue weighted by Crippen LogP contribution is -2.09. The second-order valence-corrected chi connectivity index (χ2v) is 8.73. The molecule has 0 aliphatic heterocycles. The van der Waals surface area contributed by atoms with Crippen LogP contribution in [0.15, 0.2) is 78.9 Å². The number of hydrogen-bond donors (Lipinski definition) is 1. The van der Waals surface area contributed by atoms with Gasteiger partial charge in [-0.2, -0.15) is 5.10 Å². The number of carboxylic acids is 1. The van der Waals surface area contributed by atoms with Crippen LogP contribution in [0.2, 0.25) is 0 Å². The Hall–Kier alpha value is -3.73. The first-order chi connectivity index (χ1) is 16.0. The summed E-state index contributed by atoms with van der Waals surface area (Å²) in [5, 5.41) is 14.3. The van der Waals surface area contributed by atoms with Crippen LogP contribution >= 0.6 is 0 Å². The fraction of sp³-hybridized carbons (Fsp3) is 0.250. The molecule has 0 atom stereocenters. The number of rotatable bonds is 9. The zero-order valence-corrected chi connectivity index (χ0v) is 19.1. The number of hydrogen-bond acceptors (Lipinski definition) is 3. The van der Waals surface area contributed by atoms with Gasteiger partial charge in [0.1, 0.15) is 5.82 Å². The van der Waals surface area contributed by atoms with Crippen LogP contribution in [-0.2, 0) is 25.8 Å². The van der Waals surface area contributed by atoms with Gasteiger partial charge in [0, 0.05) is 12.8 Å². The van der Waals surface area contributed by atoms with E-state index < -0.39 is 5.97 Å². The fourth-order valence-corrected chi connectivity index (χ4v) is 3.96. The summed E-state index contributed by atoms with van der Waals surface area (Å²) in [6.07, 6.45) is 2.61. The van der Waals surface area contributed by atoms with Crippen molar-refractivity contribution in [2.24, 2.45) is 5.92 Å². The maximum Gasteiger partial charge on any atom is 0.336 e. The van der Waals surface area contributed by atoms with Gasteiger partial charge in [-0.3, -0.25) is 0 Å². The molecule has 0 saturated heterocycles. The Morgan fingerprint density at radius 1 is 0.879 bits per heavy atom. The average Bonchev–Trinajstić information content (AvgIpc) is 3.19. The van der Waals surface area contributed by atoms with Crippen molar-refractivity contribution in [3.8, 4) is 11.1 Å². The van der Waals surface area contributed by atoms with E-state index in [-0.39, 0.29) is 0 Å². The minimum Gasteiger partial charge on any atom is -0.478 e. The molecule has 0 radical (unpaired) electrons. The maximum atomic E-state index is 11.6. The number of carboxylic acid groups (broad SMARTS) is 1. The zero-order chi connectivity index (χ0) is 23.2. The molecule has 0 bridgehead atoms. The summed E-state index contributed by atoms with van der Waals surface area (Å²) in [4.78, 5) is 16.4. The summed E-state index contributed by atoms with van der Waals surface area (Å²) in [5.74, 6) is 1.46. The molecule has 0 unspecified atom stereocenters. The molecule has 0 aliphatic carbocycles. The fourth-order valence-electron chi connectivity index (χ4n) is 3.96. The molecule has 4 rings (SSSR count). The van der Waals surface area contributed by atoms with Crippen molar-refractivity contribution in [1.82, 2.24) is 14.8 Å². The first kappa shape index (κ1) is 22.5. The third-order valence-electron chi connectivity index (χ3n) is 5.62. The molecular formula is C28H29N3O2. The smallest absolute Gasteiger partial charge is 0.336 e. The minimum atomic E-state index is -0.918. The predicted molar refractivity (Wildman–Crippen MR) is 130 cm³/mol. The van der Waals surface area contributed by atoms with Gasteiger partial charge in [-0.1, -0.05) is 86.6 Å². The average molecular weight is 440 g/mol. The van der Waals surface area contributed by atoms with Crippen LogP contribution in [0, 0.1) is 5.92 Å². The quantitative estimate of drug-likeness (QED) is 0.365. The highest BCUT2D eigenvalue weighted by atomic mass is 16.4. The number of benzene rings is 3. The zero-order valence-electron chi connectivity index (χ0n) is 19.1. The van der Waals surface area contributed by atoms with Crippen molar-refractivity contribution in [2.75, 3.05) is 0 Å². The van der Waals surface area contributed by atoms with Crippen molar-refractivity contribution < 1.29 is 9.90 Å². The second-order valence-electron chi connectivity index (χ2n) is 8.73. The highest BCUT2D eigenvalue weighted by molar-refractivity contribution is 5.95. The van der Waals surface area contributed by atoms with E-state index in [1.807, 2.05) is 47.1 Å². The standard InChI is InChI=1S/C28H29N3O2/c1-20(2)18-27-29-26(17-14-21-8-4-3-5-9-21)30-31(27)19-22-12-15-23(16-13-22)24-10-6-7-11-25(24)28(32)33/h3-13,15-16,20H,14,17-19H2,1-2H3,(H,32,33). The molecule has 0 saturated carbocycles. The van der Waals surface area contributed by atoms with Crippen LogP contribution in [0.25, 0.3) is 11.1 Å². The van der Waals surface area contributed by atoms with Gasteiger partial charge in [0.15, 0.2) is 5.82 Å². The van der Waals surface area contributed by atoms with Gasteiger partial charge in [-0.15, -0.1) is 0 Å². The van der Waals surface area contributed by atoms with E-state index >= 15 is 0 Å². The number of aryl methyl sites for hydroxylation is 2. The summed E-state index contributed by atoms with van der Waals surface area (Å²) in [5.41, 5.74) is 4.32. The van der Waals surface area contributed by atoms with Crippen molar-refractivity contribution in [2.45, 2.75) is 39.7 Å². The highest BCUT2D eigenvalue weighted by Gasteiger charge is 2.14. The Kier molecular flexibility index (Phi) is 6.98. The molecule has 0 fully saturated rings. The molecule has 5 heteroatoms. The molecular weight excluding hydrogens is 410 g/mol. The van der Waals surface area contributed by atoms with Crippen LogP contribution in [0.3, 0.4) is 0 Å². The van der Waals surface area contributed by atoms with Crippen LogP contribution in [-0.4, -0.2) is 25.8 Å². The van der Waals surface area contributed by atoms with E-state index in [2.05, 4.69) is 38.1 Å². The normalized spacial score (nSPS) is 11.1. The molecule has 1 N–H and O–H groups in total. The van der Waals surface area contributed by atoms with Gasteiger partial charge >= 0.3 is 5.97 Å². The van der Waals surface area contributed by atoms with E-state index in [1.54, 1.807) is 12.1 Å². The summed E-state index contributed by atoms with van der Waals surface area (Å²) in [7, 11) is 0. The maximum absolute atomic E-state index is 11.6. The van der Waals surface area contributed by atoms with E-state index in [0.717, 1.165) is 47.6 Å². The largest absolute Gasteiger partial charge is 0.478 e. The SMILES string of the molecule is CC(C)Cc1nc(CCc2ccccc2)nn1Cc1ccc(-c2ccccc2C(=O)O)cc1. The number of carbonyl (C=O) groups is 1. The molecule has 0 spiro atoms. The van der Waals surface area contributed by atoms with E-state index in [9.17, 15) is 9.90 Å². The van der Waals surface area contributed by atoms with Gasteiger partial charge in [0.2, 0.25) is 0 Å². The van der Waals surface area contributed by atoms with Crippen LogP contribution in [0.5, 0.6) is 0 Å². The molecule has 4 aromatic rings. The number of nitrogens with zero attached hydrogens (tertiary/aromatic N) is 3. The lowest BCUT2D eigenvalue weighted by atomic mass is 9.99. The monoisotopic (exact) mass is 439 g/mol. The summed E-state index contributed by atoms with van der Waals surface area (Å²) >= 11 is 0. The predicted octanol–water partition coefficient (Wildman–Crippen LogP) is 5.68. The Bertz CT molecular complexity index is 1210. The van der Waals surface area contributed by atoms with Gasteiger partial charge in [0.05, 0.1) is 12.1 Å². The molecule has 5 nitrogen and oxygen atoms in total. The minimum absolute atomic E-state index is 0.309. The number of aromatic nitrogens is 3. The van der Waals surface area contributed by atoms with Crippen molar-refractivity contribution >= 4 is 5.97 Å². The lowest BCUT2D eigenvalue weighted by molar-refractivity contribution is 0.0697. The van der Waals surface area contributed by atoms with E-state index in [4.69, 9.17) is 10.1 Å². The van der Waals surface area contributed by atoms with E-state index in [1.165, 1.54) is 5.56 Å². The Labute approximate surface area is 194 Å². The van der Waals surface area contributed by atoms with Gasteiger partial charge in [-0.05, 0) is 40.7 Å². The molecule has 33 heavy (non-hydrogen) atoms. The summed E-state index contributed by atoms with van der Waals surface area (Å²) in [6.45, 7) is 5.02.